The van der Waals surface area contributed by atoms with Crippen molar-refractivity contribution in [1.82, 2.24) is 10.3 Å². The van der Waals surface area contributed by atoms with Gasteiger partial charge in [0.15, 0.2) is 0 Å². The molecule has 174 valence electrons. The lowest BCUT2D eigenvalue weighted by Gasteiger charge is -2.36. The molecule has 1 aromatic heterocycles. The van der Waals surface area contributed by atoms with Crippen molar-refractivity contribution >= 4 is 26.6 Å². The van der Waals surface area contributed by atoms with E-state index in [-0.39, 0.29) is 5.78 Å². The van der Waals surface area contributed by atoms with Gasteiger partial charge in [-0.25, -0.2) is 0 Å². The molecule has 0 aliphatic heterocycles. The molecule has 0 radical (unpaired) electrons. The van der Waals surface area contributed by atoms with Gasteiger partial charge in [0.05, 0.1) is 6.54 Å². The zero-order chi connectivity index (χ0) is 23.9. The predicted molar refractivity (Wildman–Crippen MR) is 133 cm³/mol. The number of hydrogen-bond donors (Lipinski definition) is 3. The van der Waals surface area contributed by atoms with Crippen molar-refractivity contribution in [2.75, 3.05) is 23.8 Å². The van der Waals surface area contributed by atoms with Crippen LogP contribution in [0.2, 0.25) is 0 Å². The largest absolute Gasteiger partial charge is 0.366 e. The predicted octanol–water partition coefficient (Wildman–Crippen LogP) is 2.94. The SMILES string of the molecule is CS(C)(=O)(Nc1ccc(C(N)=O)cc1)c1ccc(CCC(=O)CNCc2cccnc2)cc1. The molecule has 0 aliphatic carbocycles. The maximum Gasteiger partial charge on any atom is 0.248 e. The van der Waals surface area contributed by atoms with Crippen molar-refractivity contribution in [2.24, 2.45) is 5.73 Å². The summed E-state index contributed by atoms with van der Waals surface area (Å²) in [6, 6.07) is 17.9. The number of carbonyl (C=O) groups excluding carboxylic acids is 2. The number of carbonyl (C=O) groups is 2. The van der Waals surface area contributed by atoms with Gasteiger partial charge in [-0.2, -0.15) is 0 Å². The molecule has 0 bridgehead atoms. The third-order valence-corrected chi connectivity index (χ3v) is 7.73. The second kappa shape index (κ2) is 10.1. The van der Waals surface area contributed by atoms with Crippen molar-refractivity contribution in [3.63, 3.8) is 0 Å². The van der Waals surface area contributed by atoms with Gasteiger partial charge in [-0.3, -0.25) is 18.8 Å². The van der Waals surface area contributed by atoms with E-state index in [2.05, 4.69) is 15.0 Å². The Balaban J connectivity index is 1.54. The minimum atomic E-state index is -3.38. The number of ketones is 1. The molecule has 0 fully saturated rings. The van der Waals surface area contributed by atoms with Crippen LogP contribution in [-0.2, 0) is 27.0 Å². The van der Waals surface area contributed by atoms with Crippen LogP contribution >= 0.6 is 0 Å². The zero-order valence-corrected chi connectivity index (χ0v) is 19.7. The number of nitrogens with two attached hydrogens (primary N) is 1. The molecular weight excluding hydrogens is 436 g/mol. The molecule has 0 saturated carbocycles. The number of benzene rings is 2. The van der Waals surface area contributed by atoms with E-state index >= 15 is 0 Å². The second-order valence-electron chi connectivity index (χ2n) is 8.52. The van der Waals surface area contributed by atoms with E-state index < -0.39 is 15.2 Å². The fourth-order valence-corrected chi connectivity index (χ4v) is 5.24. The normalized spacial score (nSPS) is 12.5. The highest BCUT2D eigenvalue weighted by Gasteiger charge is 2.27. The molecule has 4 N–H and O–H groups in total. The smallest absolute Gasteiger partial charge is 0.248 e. The number of rotatable bonds is 11. The lowest BCUT2D eigenvalue weighted by atomic mass is 10.1. The van der Waals surface area contributed by atoms with Crippen LogP contribution in [0.4, 0.5) is 5.69 Å². The zero-order valence-electron chi connectivity index (χ0n) is 18.9. The van der Waals surface area contributed by atoms with Gasteiger partial charge >= 0.3 is 0 Å². The van der Waals surface area contributed by atoms with Crippen LogP contribution in [0.5, 0.6) is 0 Å². The number of aromatic nitrogens is 1. The molecule has 1 heterocycles. The average molecular weight is 467 g/mol. The Hall–Kier alpha value is -3.36. The Morgan fingerprint density at radius 1 is 0.970 bits per heavy atom. The summed E-state index contributed by atoms with van der Waals surface area (Å²) in [7, 11) is -3.38. The summed E-state index contributed by atoms with van der Waals surface area (Å²) in [4.78, 5) is 28.2. The first-order chi connectivity index (χ1) is 15.6. The fraction of sp³-hybridized carbons (Fsp3) is 0.240. The Bertz CT molecular complexity index is 1170. The number of anilines is 1. The van der Waals surface area contributed by atoms with Crippen molar-refractivity contribution in [3.8, 4) is 0 Å². The molecule has 3 aromatic rings. The van der Waals surface area contributed by atoms with E-state index in [1.54, 1.807) is 49.2 Å². The number of hydrogen-bond acceptors (Lipinski definition) is 5. The highest BCUT2D eigenvalue weighted by Crippen LogP contribution is 2.31. The number of nitrogens with one attached hydrogen (secondary N) is 2. The number of nitrogens with zero attached hydrogens (tertiary/aromatic N) is 1. The Morgan fingerprint density at radius 2 is 1.67 bits per heavy atom. The van der Waals surface area contributed by atoms with Gasteiger partial charge < -0.3 is 15.8 Å². The van der Waals surface area contributed by atoms with E-state index in [4.69, 9.17) is 5.73 Å². The fourth-order valence-electron chi connectivity index (χ4n) is 3.38. The first-order valence-corrected chi connectivity index (χ1v) is 13.4. The number of amides is 1. The van der Waals surface area contributed by atoms with E-state index in [9.17, 15) is 13.8 Å². The van der Waals surface area contributed by atoms with Crippen LogP contribution in [0.15, 0.2) is 78.0 Å². The van der Waals surface area contributed by atoms with Gasteiger partial charge in [-0.1, -0.05) is 18.2 Å². The van der Waals surface area contributed by atoms with Crippen LogP contribution in [0, 0.1) is 0 Å². The molecule has 0 aliphatic rings. The van der Waals surface area contributed by atoms with E-state index in [0.717, 1.165) is 11.1 Å². The Labute approximate surface area is 194 Å². The summed E-state index contributed by atoms with van der Waals surface area (Å²) >= 11 is 0. The number of aryl methyl sites for hydroxylation is 1. The third kappa shape index (κ3) is 7.06. The first-order valence-electron chi connectivity index (χ1n) is 10.6. The highest BCUT2D eigenvalue weighted by atomic mass is 32.3. The van der Waals surface area contributed by atoms with Crippen LogP contribution < -0.4 is 15.8 Å². The molecule has 2 aromatic carbocycles. The molecule has 0 spiro atoms. The standard InChI is InChI=1S/C25H30N4O3S/c1-33(2,32,29-22-10-8-21(9-11-22)25(26)31)24-13-6-19(7-14-24)5-12-23(30)18-28-17-20-4-3-15-27-16-20/h3-4,6-11,13-16,28H,5,12,17-18H2,1-2H3,(H2,26,31)(H,29,32). The molecule has 1 amide bonds. The molecule has 0 unspecified atom stereocenters. The van der Waals surface area contributed by atoms with Gasteiger partial charge in [-0.05, 0) is 69.3 Å². The number of Topliss-reactive ketones (excluding diaryl/α,β-unsaturated/α-hetero) is 1. The average Bonchev–Trinajstić information content (AvgIpc) is 2.78. The van der Waals surface area contributed by atoms with Crippen molar-refractivity contribution in [3.05, 3.63) is 89.7 Å². The Kier molecular flexibility index (Phi) is 7.40. The molecule has 8 heteroatoms. The summed E-state index contributed by atoms with van der Waals surface area (Å²) in [6.07, 6.45) is 7.89. The molecule has 0 atom stereocenters. The molecule has 33 heavy (non-hydrogen) atoms. The van der Waals surface area contributed by atoms with E-state index in [0.29, 0.717) is 42.1 Å². The third-order valence-electron chi connectivity index (χ3n) is 5.26. The first kappa shape index (κ1) is 24.3. The van der Waals surface area contributed by atoms with Gasteiger partial charge in [0.2, 0.25) is 5.91 Å². The lowest BCUT2D eigenvalue weighted by Crippen LogP contribution is -2.38. The summed E-state index contributed by atoms with van der Waals surface area (Å²) in [5.41, 5.74) is 8.34. The van der Waals surface area contributed by atoms with Gasteiger partial charge in [0, 0.05) is 54.0 Å². The minimum Gasteiger partial charge on any atom is -0.366 e. The van der Waals surface area contributed by atoms with Crippen LogP contribution in [-0.4, -0.2) is 39.9 Å². The topological polar surface area (TPSA) is 114 Å². The monoisotopic (exact) mass is 466 g/mol. The molecular formula is C25H30N4O3S. The van der Waals surface area contributed by atoms with E-state index in [1.807, 2.05) is 36.4 Å². The van der Waals surface area contributed by atoms with Crippen LogP contribution in [0.1, 0.15) is 27.9 Å². The van der Waals surface area contributed by atoms with Gasteiger partial charge in [0.1, 0.15) is 5.78 Å². The van der Waals surface area contributed by atoms with E-state index in [1.165, 1.54) is 0 Å². The summed E-state index contributed by atoms with van der Waals surface area (Å²) in [6.45, 7) is 0.918. The lowest BCUT2D eigenvalue weighted by molar-refractivity contribution is -0.118. The quantitative estimate of drug-likeness (QED) is 0.402. The Morgan fingerprint density at radius 3 is 2.27 bits per heavy atom. The summed E-state index contributed by atoms with van der Waals surface area (Å²) < 4.78 is 16.8. The molecule has 3 rings (SSSR count). The van der Waals surface area contributed by atoms with Crippen molar-refractivity contribution in [2.45, 2.75) is 24.3 Å². The minimum absolute atomic E-state index is 0.136. The highest BCUT2D eigenvalue weighted by molar-refractivity contribution is 8.19. The van der Waals surface area contributed by atoms with Crippen molar-refractivity contribution < 1.29 is 13.8 Å². The van der Waals surface area contributed by atoms with Crippen LogP contribution in [0.25, 0.3) is 0 Å². The molecule has 0 saturated heterocycles. The molecule has 7 nitrogen and oxygen atoms in total. The van der Waals surface area contributed by atoms with Crippen molar-refractivity contribution in [1.29, 1.82) is 0 Å². The van der Waals surface area contributed by atoms with Crippen LogP contribution in [0.3, 0.4) is 0 Å². The van der Waals surface area contributed by atoms with Gasteiger partial charge in [0.25, 0.3) is 0 Å². The number of primary amides is 1. The number of pyridine rings is 1. The van der Waals surface area contributed by atoms with Gasteiger partial charge in [-0.15, -0.1) is 0 Å². The maximum absolute atomic E-state index is 13.7. The second-order valence-corrected chi connectivity index (χ2v) is 12.8. The summed E-state index contributed by atoms with van der Waals surface area (Å²) in [5, 5.41) is 3.14. The summed E-state index contributed by atoms with van der Waals surface area (Å²) in [5.74, 6) is -0.373. The maximum atomic E-state index is 13.7.